The molecule has 29 heavy (non-hydrogen) atoms. The van der Waals surface area contributed by atoms with Gasteiger partial charge in [-0.15, -0.1) is 11.3 Å². The van der Waals surface area contributed by atoms with Gasteiger partial charge in [-0.1, -0.05) is 23.7 Å². The van der Waals surface area contributed by atoms with E-state index in [-0.39, 0.29) is 9.09 Å². The molecule has 0 aliphatic rings. The maximum atomic E-state index is 12.7. The molecule has 0 atom stereocenters. The Morgan fingerprint density at radius 1 is 1.21 bits per heavy atom. The molecular weight excluding hydrogens is 434 g/mol. The van der Waals surface area contributed by atoms with Crippen LogP contribution < -0.4 is 4.72 Å². The van der Waals surface area contributed by atoms with Crippen LogP contribution in [-0.4, -0.2) is 29.5 Å². The third-order valence-electron chi connectivity index (χ3n) is 4.22. The molecule has 0 radical (unpaired) electrons. The minimum Gasteiger partial charge on any atom is -0.477 e. The molecular formula is C19H14ClN3O4S2. The minimum absolute atomic E-state index is 0.00113. The number of carbonyl (C=O) groups is 1. The van der Waals surface area contributed by atoms with Gasteiger partial charge in [0.15, 0.2) is 0 Å². The van der Waals surface area contributed by atoms with Crippen molar-refractivity contribution in [1.82, 2.24) is 9.97 Å². The van der Waals surface area contributed by atoms with Gasteiger partial charge >= 0.3 is 5.97 Å². The lowest BCUT2D eigenvalue weighted by molar-refractivity contribution is 0.0701. The van der Waals surface area contributed by atoms with Crippen molar-refractivity contribution in [2.24, 2.45) is 0 Å². The maximum absolute atomic E-state index is 12.7. The number of imidazole rings is 1. The predicted molar refractivity (Wildman–Crippen MR) is 113 cm³/mol. The second-order valence-electron chi connectivity index (χ2n) is 6.29. The normalized spacial score (nSPS) is 11.7. The van der Waals surface area contributed by atoms with E-state index in [0.29, 0.717) is 44.5 Å². The molecule has 2 heterocycles. The first-order chi connectivity index (χ1) is 13.7. The number of aryl methyl sites for hydroxylation is 1. The van der Waals surface area contributed by atoms with Crippen molar-refractivity contribution >= 4 is 55.7 Å². The summed E-state index contributed by atoms with van der Waals surface area (Å²) in [7, 11) is -3.92. The number of fused-ring (bicyclic) bond motifs is 1. The average Bonchev–Trinajstić information content (AvgIpc) is 3.25. The van der Waals surface area contributed by atoms with E-state index < -0.39 is 16.0 Å². The lowest BCUT2D eigenvalue weighted by atomic mass is 10.2. The highest BCUT2D eigenvalue weighted by atomic mass is 35.5. The van der Waals surface area contributed by atoms with Crippen LogP contribution in [0.2, 0.25) is 5.02 Å². The Hall–Kier alpha value is -2.88. The quantitative estimate of drug-likeness (QED) is 0.408. The molecule has 0 bridgehead atoms. The Labute approximate surface area is 175 Å². The monoisotopic (exact) mass is 447 g/mol. The van der Waals surface area contributed by atoms with Crippen molar-refractivity contribution in [3.05, 3.63) is 64.0 Å². The molecule has 2 aromatic heterocycles. The van der Waals surface area contributed by atoms with Crippen molar-refractivity contribution in [1.29, 1.82) is 0 Å². The number of sulfonamides is 1. The number of halogens is 1. The molecule has 3 N–H and O–H groups in total. The smallest absolute Gasteiger partial charge is 0.346 e. The molecule has 0 aliphatic heterocycles. The highest BCUT2D eigenvalue weighted by Crippen LogP contribution is 2.30. The maximum Gasteiger partial charge on any atom is 0.346 e. The summed E-state index contributed by atoms with van der Waals surface area (Å²) in [5.74, 6) is -0.578. The summed E-state index contributed by atoms with van der Waals surface area (Å²) >= 11 is 6.93. The van der Waals surface area contributed by atoms with Crippen LogP contribution in [0.3, 0.4) is 0 Å². The number of aromatic amines is 1. The fourth-order valence-corrected chi connectivity index (χ4v) is 5.51. The van der Waals surface area contributed by atoms with E-state index in [4.69, 9.17) is 16.7 Å². The summed E-state index contributed by atoms with van der Waals surface area (Å²) < 4.78 is 27.7. The van der Waals surface area contributed by atoms with Gasteiger partial charge in [-0.05, 0) is 48.9 Å². The number of benzene rings is 2. The minimum atomic E-state index is -3.92. The zero-order chi connectivity index (χ0) is 20.8. The van der Waals surface area contributed by atoms with Gasteiger partial charge in [-0.2, -0.15) is 0 Å². The Bertz CT molecular complexity index is 1360. The van der Waals surface area contributed by atoms with Crippen LogP contribution in [0.25, 0.3) is 22.4 Å². The highest BCUT2D eigenvalue weighted by molar-refractivity contribution is 7.94. The van der Waals surface area contributed by atoms with E-state index in [0.717, 1.165) is 5.56 Å². The molecule has 0 spiro atoms. The van der Waals surface area contributed by atoms with Crippen molar-refractivity contribution in [3.8, 4) is 11.4 Å². The van der Waals surface area contributed by atoms with E-state index in [2.05, 4.69) is 14.7 Å². The number of hydrogen-bond acceptors (Lipinski definition) is 5. The van der Waals surface area contributed by atoms with Gasteiger partial charge in [0.2, 0.25) is 0 Å². The van der Waals surface area contributed by atoms with Gasteiger partial charge in [0, 0.05) is 5.56 Å². The lowest BCUT2D eigenvalue weighted by Crippen LogP contribution is -2.11. The Morgan fingerprint density at radius 2 is 1.97 bits per heavy atom. The standard InChI is InChI=1S/C19H14ClN3O4S2/c1-10-8-16(28-17(10)19(24)25)29(26,27)23-11-6-7-14-15(9-11)22-18(21-14)12-4-2-3-5-13(12)20/h2-9,23H,1H3,(H,21,22)(H,24,25). The number of nitrogens with zero attached hydrogens (tertiary/aromatic N) is 1. The van der Waals surface area contributed by atoms with Crippen LogP contribution in [0.1, 0.15) is 15.2 Å². The zero-order valence-corrected chi connectivity index (χ0v) is 17.3. The molecule has 7 nitrogen and oxygen atoms in total. The van der Waals surface area contributed by atoms with Gasteiger partial charge in [0.05, 0.1) is 21.7 Å². The number of rotatable bonds is 5. The fraction of sp³-hybridized carbons (Fsp3) is 0.0526. The van der Waals surface area contributed by atoms with Crippen LogP contribution in [0.4, 0.5) is 5.69 Å². The number of H-pyrrole nitrogens is 1. The number of carboxylic acid groups (broad SMARTS) is 1. The summed E-state index contributed by atoms with van der Waals surface area (Å²) in [6, 6.07) is 13.5. The van der Waals surface area contributed by atoms with Gasteiger partial charge in [-0.25, -0.2) is 18.2 Å². The summed E-state index contributed by atoms with van der Waals surface area (Å²) in [6.45, 7) is 1.56. The highest BCUT2D eigenvalue weighted by Gasteiger charge is 2.22. The number of thiophene rings is 1. The van der Waals surface area contributed by atoms with E-state index in [9.17, 15) is 13.2 Å². The lowest BCUT2D eigenvalue weighted by Gasteiger charge is -2.05. The van der Waals surface area contributed by atoms with Crippen molar-refractivity contribution in [3.63, 3.8) is 0 Å². The van der Waals surface area contributed by atoms with E-state index in [1.807, 2.05) is 18.2 Å². The number of aromatic carboxylic acids is 1. The molecule has 0 saturated heterocycles. The molecule has 0 fully saturated rings. The molecule has 10 heteroatoms. The topological polar surface area (TPSA) is 112 Å². The third-order valence-corrected chi connectivity index (χ3v) is 7.63. The van der Waals surface area contributed by atoms with Gasteiger partial charge in [0.1, 0.15) is 14.9 Å². The molecule has 0 aliphatic carbocycles. The van der Waals surface area contributed by atoms with Crippen molar-refractivity contribution in [2.45, 2.75) is 11.1 Å². The number of aromatic nitrogens is 2. The average molecular weight is 448 g/mol. The molecule has 2 aromatic carbocycles. The first kappa shape index (κ1) is 19.4. The number of hydrogen-bond donors (Lipinski definition) is 3. The molecule has 0 saturated carbocycles. The summed E-state index contributed by atoms with van der Waals surface area (Å²) in [6.07, 6.45) is 0. The first-order valence-electron chi connectivity index (χ1n) is 8.36. The summed E-state index contributed by atoms with van der Waals surface area (Å²) in [4.78, 5) is 18.8. The van der Waals surface area contributed by atoms with Crippen LogP contribution >= 0.6 is 22.9 Å². The Morgan fingerprint density at radius 3 is 2.66 bits per heavy atom. The van der Waals surface area contributed by atoms with Crippen LogP contribution in [0, 0.1) is 6.92 Å². The third kappa shape index (κ3) is 3.71. The van der Waals surface area contributed by atoms with Gasteiger partial charge in [0.25, 0.3) is 10.0 Å². The number of anilines is 1. The largest absolute Gasteiger partial charge is 0.477 e. The summed E-state index contributed by atoms with van der Waals surface area (Å²) in [5, 5.41) is 9.69. The van der Waals surface area contributed by atoms with E-state index in [1.165, 1.54) is 6.07 Å². The van der Waals surface area contributed by atoms with Crippen LogP contribution in [-0.2, 0) is 10.0 Å². The zero-order valence-electron chi connectivity index (χ0n) is 14.9. The molecule has 4 rings (SSSR count). The van der Waals surface area contributed by atoms with Gasteiger partial charge < -0.3 is 10.1 Å². The first-order valence-corrected chi connectivity index (χ1v) is 11.0. The Kier molecular flexibility index (Phi) is 4.81. The summed E-state index contributed by atoms with van der Waals surface area (Å²) in [5.41, 5.74) is 2.76. The molecule has 0 unspecified atom stereocenters. The molecule has 148 valence electrons. The van der Waals surface area contributed by atoms with Crippen LogP contribution in [0.5, 0.6) is 0 Å². The number of nitrogens with one attached hydrogen (secondary N) is 2. The number of carboxylic acids is 1. The van der Waals surface area contributed by atoms with Crippen molar-refractivity contribution in [2.75, 3.05) is 4.72 Å². The van der Waals surface area contributed by atoms with E-state index >= 15 is 0 Å². The fourth-order valence-electron chi connectivity index (χ4n) is 2.86. The Balaban J connectivity index is 1.67. The van der Waals surface area contributed by atoms with Crippen molar-refractivity contribution < 1.29 is 18.3 Å². The van der Waals surface area contributed by atoms with E-state index in [1.54, 1.807) is 31.2 Å². The van der Waals surface area contributed by atoms with Crippen LogP contribution in [0.15, 0.2) is 52.7 Å². The second-order valence-corrected chi connectivity index (χ2v) is 9.65. The van der Waals surface area contributed by atoms with Gasteiger partial charge in [-0.3, -0.25) is 4.72 Å². The SMILES string of the molecule is Cc1cc(S(=O)(=O)Nc2ccc3nc(-c4ccccc4Cl)[nH]c3c2)sc1C(=O)O. The second kappa shape index (κ2) is 7.18. The predicted octanol–water partition coefficient (Wildman–Crippen LogP) is 4.75. The molecule has 0 amide bonds. The molecule has 4 aromatic rings.